The lowest BCUT2D eigenvalue weighted by Crippen LogP contribution is -2.44. The first kappa shape index (κ1) is 16.5. The molecule has 1 aliphatic heterocycles. The van der Waals surface area contributed by atoms with Crippen LogP contribution in [0.3, 0.4) is 0 Å². The number of benzene rings is 1. The van der Waals surface area contributed by atoms with Gasteiger partial charge >= 0.3 is 0 Å². The predicted molar refractivity (Wildman–Crippen MR) is 90.5 cm³/mol. The molecule has 3 unspecified atom stereocenters. The predicted octanol–water partition coefficient (Wildman–Crippen LogP) is 2.80. The summed E-state index contributed by atoms with van der Waals surface area (Å²) < 4.78 is 0. The third-order valence-corrected chi connectivity index (χ3v) is 4.80. The van der Waals surface area contributed by atoms with Gasteiger partial charge in [0.25, 0.3) is 0 Å². The van der Waals surface area contributed by atoms with Crippen molar-refractivity contribution >= 4 is 0 Å². The van der Waals surface area contributed by atoms with E-state index in [-0.39, 0.29) is 6.04 Å². The number of rotatable bonds is 6. The fourth-order valence-corrected chi connectivity index (χ4v) is 3.69. The van der Waals surface area contributed by atoms with Crippen molar-refractivity contribution < 1.29 is 0 Å². The molecule has 0 amide bonds. The van der Waals surface area contributed by atoms with Crippen molar-refractivity contribution in [2.24, 2.45) is 5.73 Å². The van der Waals surface area contributed by atoms with Crippen LogP contribution in [0, 0.1) is 6.92 Å². The van der Waals surface area contributed by atoms with Crippen LogP contribution < -0.4 is 5.73 Å². The van der Waals surface area contributed by atoms with Crippen molar-refractivity contribution in [3.8, 4) is 0 Å². The number of likely N-dealkylation sites (tertiary alicyclic amines) is 1. The van der Waals surface area contributed by atoms with E-state index in [1.54, 1.807) is 0 Å². The summed E-state index contributed by atoms with van der Waals surface area (Å²) in [6.07, 6.45) is 2.65. The van der Waals surface area contributed by atoms with Crippen LogP contribution in [0.15, 0.2) is 24.3 Å². The lowest BCUT2D eigenvalue weighted by atomic mass is 9.98. The Hall–Kier alpha value is -0.900. The third kappa shape index (κ3) is 4.06. The zero-order valence-corrected chi connectivity index (χ0v) is 14.0. The average molecular weight is 289 g/mol. The van der Waals surface area contributed by atoms with Crippen molar-refractivity contribution in [2.75, 3.05) is 26.7 Å². The van der Waals surface area contributed by atoms with Gasteiger partial charge in [0.05, 0.1) is 0 Å². The van der Waals surface area contributed by atoms with E-state index < -0.39 is 0 Å². The van der Waals surface area contributed by atoms with Crippen molar-refractivity contribution in [1.29, 1.82) is 0 Å². The van der Waals surface area contributed by atoms with Crippen LogP contribution in [-0.2, 0) is 0 Å². The molecule has 0 saturated carbocycles. The van der Waals surface area contributed by atoms with Crippen LogP contribution in [0.2, 0.25) is 0 Å². The van der Waals surface area contributed by atoms with Crippen LogP contribution in [-0.4, -0.2) is 48.6 Å². The second-order valence-electron chi connectivity index (χ2n) is 6.58. The molecule has 2 rings (SSSR count). The van der Waals surface area contributed by atoms with Gasteiger partial charge in [0.1, 0.15) is 0 Å². The van der Waals surface area contributed by atoms with Gasteiger partial charge in [0.2, 0.25) is 0 Å². The number of hydrogen-bond acceptors (Lipinski definition) is 3. The smallest absolute Gasteiger partial charge is 0.0494 e. The van der Waals surface area contributed by atoms with Gasteiger partial charge in [-0.05, 0) is 52.4 Å². The molecule has 1 aromatic carbocycles. The largest absolute Gasteiger partial charge is 0.326 e. The Morgan fingerprint density at radius 3 is 2.57 bits per heavy atom. The van der Waals surface area contributed by atoms with E-state index >= 15 is 0 Å². The Balaban J connectivity index is 2.08. The van der Waals surface area contributed by atoms with E-state index in [0.29, 0.717) is 12.1 Å². The van der Waals surface area contributed by atoms with Crippen molar-refractivity contribution in [2.45, 2.75) is 51.7 Å². The minimum atomic E-state index is 0.134. The average Bonchev–Trinajstić information content (AvgIpc) is 2.88. The molecule has 1 fully saturated rings. The minimum absolute atomic E-state index is 0.134. The second kappa shape index (κ2) is 7.39. The molecule has 1 aromatic rings. The molecule has 0 radical (unpaired) electrons. The molecule has 3 atom stereocenters. The van der Waals surface area contributed by atoms with Gasteiger partial charge < -0.3 is 5.73 Å². The summed E-state index contributed by atoms with van der Waals surface area (Å²) in [5.41, 5.74) is 8.93. The van der Waals surface area contributed by atoms with E-state index in [1.807, 2.05) is 0 Å². The van der Waals surface area contributed by atoms with Crippen LogP contribution in [0.4, 0.5) is 0 Å². The highest BCUT2D eigenvalue weighted by Crippen LogP contribution is 2.25. The number of hydrogen-bond donors (Lipinski definition) is 1. The molecule has 0 aromatic heterocycles. The topological polar surface area (TPSA) is 32.5 Å². The molecule has 21 heavy (non-hydrogen) atoms. The van der Waals surface area contributed by atoms with Crippen LogP contribution in [0.25, 0.3) is 0 Å². The zero-order valence-electron chi connectivity index (χ0n) is 14.0. The molecule has 0 spiro atoms. The van der Waals surface area contributed by atoms with Crippen molar-refractivity contribution in [3.63, 3.8) is 0 Å². The standard InChI is InChI=1S/C18H31N3/c1-5-21-12-6-7-17(21)13-20(4)18(15(3)19)16-10-8-14(2)9-11-16/h8-11,15,17-18H,5-7,12-13,19H2,1-4H3. The van der Waals surface area contributed by atoms with Crippen LogP contribution >= 0.6 is 0 Å². The molecule has 3 nitrogen and oxygen atoms in total. The van der Waals surface area contributed by atoms with E-state index in [4.69, 9.17) is 5.73 Å². The summed E-state index contributed by atoms with van der Waals surface area (Å²) in [4.78, 5) is 5.05. The second-order valence-corrected chi connectivity index (χ2v) is 6.58. The third-order valence-electron chi connectivity index (χ3n) is 4.80. The first-order chi connectivity index (χ1) is 10.0. The fraction of sp³-hybridized carbons (Fsp3) is 0.667. The monoisotopic (exact) mass is 289 g/mol. The number of likely N-dealkylation sites (N-methyl/N-ethyl adjacent to an activating group) is 2. The molecular formula is C18H31N3. The molecule has 1 heterocycles. The van der Waals surface area contributed by atoms with Gasteiger partial charge in [-0.1, -0.05) is 36.8 Å². The summed E-state index contributed by atoms with van der Waals surface area (Å²) in [7, 11) is 2.22. The Morgan fingerprint density at radius 2 is 2.00 bits per heavy atom. The van der Waals surface area contributed by atoms with Crippen molar-refractivity contribution in [1.82, 2.24) is 9.80 Å². The Bertz CT molecular complexity index is 427. The summed E-state index contributed by atoms with van der Waals surface area (Å²) >= 11 is 0. The maximum atomic E-state index is 6.29. The van der Waals surface area contributed by atoms with E-state index in [1.165, 1.54) is 30.5 Å². The van der Waals surface area contributed by atoms with E-state index in [0.717, 1.165) is 13.1 Å². The summed E-state index contributed by atoms with van der Waals surface area (Å²) in [6.45, 7) is 10.0. The molecule has 1 saturated heterocycles. The molecule has 118 valence electrons. The first-order valence-electron chi connectivity index (χ1n) is 8.29. The fourth-order valence-electron chi connectivity index (χ4n) is 3.69. The lowest BCUT2D eigenvalue weighted by molar-refractivity contribution is 0.151. The number of nitrogens with two attached hydrogens (primary N) is 1. The normalized spacial score (nSPS) is 22.7. The van der Waals surface area contributed by atoms with Gasteiger partial charge in [0.15, 0.2) is 0 Å². The highest BCUT2D eigenvalue weighted by Gasteiger charge is 2.28. The van der Waals surface area contributed by atoms with Crippen molar-refractivity contribution in [3.05, 3.63) is 35.4 Å². The Labute approximate surface area is 130 Å². The van der Waals surface area contributed by atoms with Gasteiger partial charge in [-0.15, -0.1) is 0 Å². The maximum absolute atomic E-state index is 6.29. The SMILES string of the molecule is CCN1CCCC1CN(C)C(c1ccc(C)cc1)C(C)N. The Kier molecular flexibility index (Phi) is 5.80. The molecule has 1 aliphatic rings. The molecule has 0 aliphatic carbocycles. The summed E-state index contributed by atoms with van der Waals surface area (Å²) in [5, 5.41) is 0. The summed E-state index contributed by atoms with van der Waals surface area (Å²) in [6, 6.07) is 9.95. The highest BCUT2D eigenvalue weighted by atomic mass is 15.2. The van der Waals surface area contributed by atoms with E-state index in [2.05, 4.69) is 61.9 Å². The molecule has 3 heteroatoms. The van der Waals surface area contributed by atoms with Gasteiger partial charge in [0, 0.05) is 24.7 Å². The van der Waals surface area contributed by atoms with Gasteiger partial charge in [-0.3, -0.25) is 9.80 Å². The van der Waals surface area contributed by atoms with Gasteiger partial charge in [-0.2, -0.15) is 0 Å². The summed E-state index contributed by atoms with van der Waals surface area (Å²) in [5.74, 6) is 0. The van der Waals surface area contributed by atoms with Crippen LogP contribution in [0.5, 0.6) is 0 Å². The van der Waals surface area contributed by atoms with E-state index in [9.17, 15) is 0 Å². The van der Waals surface area contributed by atoms with Gasteiger partial charge in [-0.25, -0.2) is 0 Å². The molecule has 2 N–H and O–H groups in total. The molecular weight excluding hydrogens is 258 g/mol. The first-order valence-corrected chi connectivity index (χ1v) is 8.29. The maximum Gasteiger partial charge on any atom is 0.0494 e. The minimum Gasteiger partial charge on any atom is -0.326 e. The lowest BCUT2D eigenvalue weighted by Gasteiger charge is -2.35. The Morgan fingerprint density at radius 1 is 1.33 bits per heavy atom. The quantitative estimate of drug-likeness (QED) is 0.874. The molecule has 0 bridgehead atoms. The van der Waals surface area contributed by atoms with Crippen LogP contribution in [0.1, 0.15) is 43.9 Å². The highest BCUT2D eigenvalue weighted by molar-refractivity contribution is 5.25. The number of aryl methyl sites for hydroxylation is 1. The zero-order chi connectivity index (χ0) is 15.4. The number of nitrogens with zero attached hydrogens (tertiary/aromatic N) is 2.